The van der Waals surface area contributed by atoms with E-state index in [1.807, 2.05) is 36.1 Å². The summed E-state index contributed by atoms with van der Waals surface area (Å²) < 4.78 is 16.4. The van der Waals surface area contributed by atoms with Crippen molar-refractivity contribution in [3.63, 3.8) is 0 Å². The number of benzene rings is 1. The van der Waals surface area contributed by atoms with Gasteiger partial charge in [-0.1, -0.05) is 18.2 Å². The molecule has 1 aliphatic heterocycles. The highest BCUT2D eigenvalue weighted by atomic mass is 16.5. The average Bonchev–Trinajstić information content (AvgIpc) is 3.09. The molecule has 0 spiro atoms. The van der Waals surface area contributed by atoms with E-state index >= 15 is 0 Å². The molecule has 5 heteroatoms. The van der Waals surface area contributed by atoms with Gasteiger partial charge in [-0.05, 0) is 19.4 Å². The number of aryl methyl sites for hydroxylation is 1. The van der Waals surface area contributed by atoms with Gasteiger partial charge in [0.05, 0.1) is 25.2 Å². The summed E-state index contributed by atoms with van der Waals surface area (Å²) in [6.45, 7) is 3.08. The Bertz CT molecular complexity index is 693. The summed E-state index contributed by atoms with van der Waals surface area (Å²) in [5, 5.41) is 1.02. The number of fused-ring (bicyclic) bond motifs is 1. The second-order valence-electron chi connectivity index (χ2n) is 6.06. The van der Waals surface area contributed by atoms with Gasteiger partial charge in [0.25, 0.3) is 0 Å². The van der Waals surface area contributed by atoms with Gasteiger partial charge >= 0.3 is 0 Å². The molecule has 0 unspecified atom stereocenters. The van der Waals surface area contributed by atoms with Gasteiger partial charge in [0.2, 0.25) is 5.91 Å². The standard InChI is InChI=1S/C18H23NO4/c1-12-16(15-6-4-5-7-17(15)23-12)9-18(20)19-10-14(22-3)8-13(19)11-21-2/h4-7,13-14H,8-11H2,1-3H3/t13-,14+/m0/s1. The van der Waals surface area contributed by atoms with Crippen LogP contribution in [0.1, 0.15) is 17.7 Å². The van der Waals surface area contributed by atoms with Gasteiger partial charge in [-0.2, -0.15) is 0 Å². The molecule has 1 saturated heterocycles. The lowest BCUT2D eigenvalue weighted by atomic mass is 10.1. The van der Waals surface area contributed by atoms with Gasteiger partial charge in [-0.15, -0.1) is 0 Å². The third-order valence-corrected chi connectivity index (χ3v) is 4.62. The molecule has 1 aliphatic rings. The first kappa shape index (κ1) is 16.0. The maximum Gasteiger partial charge on any atom is 0.227 e. The van der Waals surface area contributed by atoms with Crippen LogP contribution in [-0.2, 0) is 20.7 Å². The Morgan fingerprint density at radius 3 is 2.87 bits per heavy atom. The molecule has 1 aromatic carbocycles. The number of carbonyl (C=O) groups is 1. The second kappa shape index (κ2) is 6.72. The van der Waals surface area contributed by atoms with Crippen LogP contribution in [0.5, 0.6) is 0 Å². The highest BCUT2D eigenvalue weighted by molar-refractivity contribution is 5.88. The Labute approximate surface area is 136 Å². The normalized spacial score (nSPS) is 21.3. The lowest BCUT2D eigenvalue weighted by molar-refractivity contribution is -0.132. The van der Waals surface area contributed by atoms with Crippen LogP contribution < -0.4 is 0 Å². The Balaban J connectivity index is 1.81. The Morgan fingerprint density at radius 1 is 1.35 bits per heavy atom. The summed E-state index contributed by atoms with van der Waals surface area (Å²) >= 11 is 0. The number of ether oxygens (including phenoxy) is 2. The maximum absolute atomic E-state index is 12.8. The monoisotopic (exact) mass is 317 g/mol. The Morgan fingerprint density at radius 2 is 2.13 bits per heavy atom. The van der Waals surface area contributed by atoms with Crippen LogP contribution in [0.3, 0.4) is 0 Å². The highest BCUT2D eigenvalue weighted by Gasteiger charge is 2.35. The number of hydrogen-bond acceptors (Lipinski definition) is 4. The summed E-state index contributed by atoms with van der Waals surface area (Å²) in [4.78, 5) is 14.7. The molecule has 2 heterocycles. The smallest absolute Gasteiger partial charge is 0.227 e. The number of rotatable bonds is 5. The van der Waals surface area contributed by atoms with E-state index in [4.69, 9.17) is 13.9 Å². The van der Waals surface area contributed by atoms with Crippen molar-refractivity contribution >= 4 is 16.9 Å². The third kappa shape index (κ3) is 3.12. The van der Waals surface area contributed by atoms with Gasteiger partial charge < -0.3 is 18.8 Å². The Kier molecular flexibility index (Phi) is 4.68. The molecule has 0 saturated carbocycles. The first-order valence-corrected chi connectivity index (χ1v) is 7.92. The van der Waals surface area contributed by atoms with Gasteiger partial charge in [0, 0.05) is 31.7 Å². The van der Waals surface area contributed by atoms with Crippen molar-refractivity contribution < 1.29 is 18.7 Å². The van der Waals surface area contributed by atoms with Crippen molar-refractivity contribution in [1.82, 2.24) is 4.90 Å². The minimum Gasteiger partial charge on any atom is -0.461 e. The molecule has 2 aromatic rings. The zero-order chi connectivity index (χ0) is 16.4. The van der Waals surface area contributed by atoms with Crippen molar-refractivity contribution in [1.29, 1.82) is 0 Å². The lowest BCUT2D eigenvalue weighted by Crippen LogP contribution is -2.39. The first-order valence-electron chi connectivity index (χ1n) is 7.92. The number of likely N-dealkylation sites (tertiary alicyclic amines) is 1. The molecule has 3 rings (SSSR count). The van der Waals surface area contributed by atoms with Crippen LogP contribution in [0.15, 0.2) is 28.7 Å². The van der Waals surface area contributed by atoms with E-state index in [1.165, 1.54) is 0 Å². The molecule has 0 radical (unpaired) electrons. The van der Waals surface area contributed by atoms with Crippen LogP contribution in [0, 0.1) is 6.92 Å². The van der Waals surface area contributed by atoms with E-state index in [1.54, 1.807) is 14.2 Å². The highest BCUT2D eigenvalue weighted by Crippen LogP contribution is 2.28. The first-order chi connectivity index (χ1) is 11.1. The van der Waals surface area contributed by atoms with Crippen LogP contribution >= 0.6 is 0 Å². The van der Waals surface area contributed by atoms with E-state index < -0.39 is 0 Å². The zero-order valence-corrected chi connectivity index (χ0v) is 13.9. The van der Waals surface area contributed by atoms with Crippen molar-refractivity contribution in [2.75, 3.05) is 27.4 Å². The van der Waals surface area contributed by atoms with E-state index in [-0.39, 0.29) is 18.1 Å². The number of furan rings is 1. The van der Waals surface area contributed by atoms with Crippen LogP contribution in [0.25, 0.3) is 11.0 Å². The minimum atomic E-state index is 0.0796. The van der Waals surface area contributed by atoms with Crippen molar-refractivity contribution in [3.05, 3.63) is 35.6 Å². The molecule has 23 heavy (non-hydrogen) atoms. The quantitative estimate of drug-likeness (QED) is 0.850. The SMILES string of the molecule is COC[C@@H]1C[C@@H](OC)CN1C(=O)Cc1c(C)oc2ccccc12. The molecule has 1 fully saturated rings. The van der Waals surface area contributed by atoms with E-state index in [0.717, 1.165) is 28.7 Å². The van der Waals surface area contributed by atoms with Crippen LogP contribution in [0.2, 0.25) is 0 Å². The summed E-state index contributed by atoms with van der Waals surface area (Å²) in [6, 6.07) is 7.92. The molecular weight excluding hydrogens is 294 g/mol. The largest absolute Gasteiger partial charge is 0.461 e. The number of amides is 1. The summed E-state index contributed by atoms with van der Waals surface area (Å²) in [7, 11) is 3.35. The molecule has 1 amide bonds. The lowest BCUT2D eigenvalue weighted by Gasteiger charge is -2.23. The molecule has 0 N–H and O–H groups in total. The van der Waals surface area contributed by atoms with Crippen molar-refractivity contribution in [3.8, 4) is 0 Å². The topological polar surface area (TPSA) is 51.9 Å². The maximum atomic E-state index is 12.8. The van der Waals surface area contributed by atoms with Gasteiger partial charge in [-0.3, -0.25) is 4.79 Å². The molecule has 2 atom stereocenters. The van der Waals surface area contributed by atoms with E-state index in [9.17, 15) is 4.79 Å². The molecular formula is C18H23NO4. The fourth-order valence-electron chi connectivity index (χ4n) is 3.39. The molecule has 0 aliphatic carbocycles. The van der Waals surface area contributed by atoms with Crippen LogP contribution in [0.4, 0.5) is 0 Å². The van der Waals surface area contributed by atoms with Crippen molar-refractivity contribution in [2.24, 2.45) is 0 Å². The van der Waals surface area contributed by atoms with Crippen LogP contribution in [-0.4, -0.2) is 50.3 Å². The number of methoxy groups -OCH3 is 2. The zero-order valence-electron chi connectivity index (χ0n) is 13.9. The second-order valence-corrected chi connectivity index (χ2v) is 6.06. The Hall–Kier alpha value is -1.85. The number of hydrogen-bond donors (Lipinski definition) is 0. The fourth-order valence-corrected chi connectivity index (χ4v) is 3.39. The van der Waals surface area contributed by atoms with Gasteiger partial charge in [0.15, 0.2) is 0 Å². The third-order valence-electron chi connectivity index (χ3n) is 4.62. The number of nitrogens with zero attached hydrogens (tertiary/aromatic N) is 1. The predicted octanol–water partition coefficient (Wildman–Crippen LogP) is 2.55. The molecule has 1 aromatic heterocycles. The van der Waals surface area contributed by atoms with Crippen molar-refractivity contribution in [2.45, 2.75) is 31.9 Å². The predicted molar refractivity (Wildman–Crippen MR) is 87.4 cm³/mol. The number of carbonyl (C=O) groups excluding carboxylic acids is 1. The fraction of sp³-hybridized carbons (Fsp3) is 0.500. The molecule has 0 bridgehead atoms. The summed E-state index contributed by atoms with van der Waals surface area (Å²) in [5.41, 5.74) is 1.81. The summed E-state index contributed by atoms with van der Waals surface area (Å²) in [6.07, 6.45) is 1.25. The molecule has 5 nitrogen and oxygen atoms in total. The molecule has 124 valence electrons. The number of para-hydroxylation sites is 1. The van der Waals surface area contributed by atoms with E-state index in [2.05, 4.69) is 0 Å². The minimum absolute atomic E-state index is 0.0796. The van der Waals surface area contributed by atoms with Gasteiger partial charge in [-0.25, -0.2) is 0 Å². The average molecular weight is 317 g/mol. The van der Waals surface area contributed by atoms with E-state index in [0.29, 0.717) is 19.6 Å². The summed E-state index contributed by atoms with van der Waals surface area (Å²) in [5.74, 6) is 0.909. The van der Waals surface area contributed by atoms with Gasteiger partial charge in [0.1, 0.15) is 11.3 Å².